The molecule has 1 atom stereocenters. The zero-order chi connectivity index (χ0) is 26.8. The van der Waals surface area contributed by atoms with E-state index in [0.29, 0.717) is 0 Å². The average Bonchev–Trinajstić information content (AvgIpc) is 3.17. The van der Waals surface area contributed by atoms with E-state index < -0.39 is 49.0 Å². The van der Waals surface area contributed by atoms with Gasteiger partial charge in [0.05, 0.1) is 43.1 Å². The van der Waals surface area contributed by atoms with E-state index in [2.05, 4.69) is 5.32 Å². The molecule has 200 valence electrons. The Bertz CT molecular complexity index is 1120. The first-order chi connectivity index (χ1) is 17.9. The first kappa shape index (κ1) is 27.8. The molecule has 0 radical (unpaired) electrons. The number of fused-ring (bicyclic) bond motifs is 1. The van der Waals surface area contributed by atoms with Crippen molar-refractivity contribution in [3.05, 3.63) is 52.8 Å². The zero-order valence-electron chi connectivity index (χ0n) is 20.1. The molecule has 1 heterocycles. The molecule has 0 aliphatic carbocycles. The predicted molar refractivity (Wildman–Crippen MR) is 122 cm³/mol. The van der Waals surface area contributed by atoms with E-state index in [-0.39, 0.29) is 54.6 Å². The Kier molecular flexibility index (Phi) is 10.1. The summed E-state index contributed by atoms with van der Waals surface area (Å²) < 4.78 is 51.7. The molecule has 37 heavy (non-hydrogen) atoms. The number of rotatable bonds is 16. The molecule has 1 aliphatic rings. The van der Waals surface area contributed by atoms with Crippen LogP contribution in [0, 0.1) is 5.82 Å². The Balaban J connectivity index is 1.95. The van der Waals surface area contributed by atoms with Crippen molar-refractivity contribution < 1.29 is 57.0 Å². The lowest BCUT2D eigenvalue weighted by atomic mass is 10.1. The summed E-state index contributed by atoms with van der Waals surface area (Å²) in [7, 11) is 2.96. The number of halogens is 1. The van der Waals surface area contributed by atoms with E-state index in [1.165, 1.54) is 32.4 Å². The number of ether oxygens (including phenoxy) is 7. The summed E-state index contributed by atoms with van der Waals surface area (Å²) in [6, 6.07) is 6.29. The van der Waals surface area contributed by atoms with Crippen LogP contribution < -0.4 is 19.5 Å². The molecule has 12 nitrogen and oxygen atoms in total. The maximum Gasteiger partial charge on any atom is 0.349 e. The fraction of sp³-hybridized carbons (Fsp3) is 0.375. The number of amides is 2. The molecule has 3 rings (SSSR count). The van der Waals surface area contributed by atoms with Gasteiger partial charge in [-0.05, 0) is 24.3 Å². The molecule has 0 aromatic heterocycles. The lowest BCUT2D eigenvalue weighted by molar-refractivity contribution is -0.145. The van der Waals surface area contributed by atoms with E-state index in [4.69, 9.17) is 33.2 Å². The minimum Gasteiger partial charge on any atom is -0.478 e. The van der Waals surface area contributed by atoms with Crippen LogP contribution >= 0.6 is 0 Å². The summed E-state index contributed by atoms with van der Waals surface area (Å²) >= 11 is 0. The fourth-order valence-electron chi connectivity index (χ4n) is 3.31. The number of nitrogens with one attached hydrogen (secondary N) is 1. The maximum absolute atomic E-state index is 14.8. The number of hydrogen-bond donors (Lipinski definition) is 2. The van der Waals surface area contributed by atoms with Gasteiger partial charge >= 0.3 is 5.97 Å². The Labute approximate surface area is 211 Å². The first-order valence-corrected chi connectivity index (χ1v) is 11.0. The summed E-state index contributed by atoms with van der Waals surface area (Å²) in [5.74, 6) is -4.63. The highest BCUT2D eigenvalue weighted by molar-refractivity contribution is 6.22. The van der Waals surface area contributed by atoms with Crippen LogP contribution in [0.3, 0.4) is 0 Å². The number of hydrogen-bond acceptors (Lipinski definition) is 10. The van der Waals surface area contributed by atoms with Crippen molar-refractivity contribution >= 4 is 17.8 Å². The number of carbonyl (C=O) groups excluding carboxylic acids is 2. The highest BCUT2D eigenvalue weighted by atomic mass is 19.1. The third kappa shape index (κ3) is 6.92. The van der Waals surface area contributed by atoms with Crippen LogP contribution in [-0.4, -0.2) is 77.1 Å². The Morgan fingerprint density at radius 3 is 2.19 bits per heavy atom. The monoisotopic (exact) mass is 523 g/mol. The average molecular weight is 523 g/mol. The van der Waals surface area contributed by atoms with Crippen molar-refractivity contribution in [2.24, 2.45) is 0 Å². The number of carboxylic acids is 1. The molecular weight excluding hydrogens is 497 g/mol. The van der Waals surface area contributed by atoms with Gasteiger partial charge in [-0.25, -0.2) is 9.18 Å². The van der Waals surface area contributed by atoms with Crippen LogP contribution in [0.2, 0.25) is 0 Å². The number of benzene rings is 2. The quantitative estimate of drug-likeness (QED) is 0.189. The molecule has 2 aromatic rings. The summed E-state index contributed by atoms with van der Waals surface area (Å²) in [5.41, 5.74) is -0.223. The largest absolute Gasteiger partial charge is 0.478 e. The van der Waals surface area contributed by atoms with E-state index in [1.807, 2.05) is 0 Å². The van der Waals surface area contributed by atoms with Gasteiger partial charge in [-0.3, -0.25) is 14.9 Å². The smallest absolute Gasteiger partial charge is 0.349 e. The Morgan fingerprint density at radius 1 is 0.919 bits per heavy atom. The van der Waals surface area contributed by atoms with E-state index in [9.17, 15) is 23.9 Å². The SMILES string of the molecule is COCCOCOc1c(F)ccc(C(Oc2cccc3c2C(=O)NC3=O)C(=O)O)c1OCOCCOC. The van der Waals surface area contributed by atoms with Crippen molar-refractivity contribution in [1.29, 1.82) is 0 Å². The third-order valence-electron chi connectivity index (χ3n) is 5.01. The molecule has 0 spiro atoms. The molecule has 2 amide bonds. The van der Waals surface area contributed by atoms with Gasteiger partial charge in [-0.15, -0.1) is 0 Å². The highest BCUT2D eigenvalue weighted by Crippen LogP contribution is 2.40. The lowest BCUT2D eigenvalue weighted by Crippen LogP contribution is -2.22. The van der Waals surface area contributed by atoms with Crippen molar-refractivity contribution in [2.45, 2.75) is 6.10 Å². The van der Waals surface area contributed by atoms with Crippen molar-refractivity contribution in [3.8, 4) is 17.2 Å². The molecule has 0 bridgehead atoms. The second kappa shape index (κ2) is 13.5. The molecule has 0 fully saturated rings. The molecule has 13 heteroatoms. The summed E-state index contributed by atoms with van der Waals surface area (Å²) in [6.07, 6.45) is -1.79. The van der Waals surface area contributed by atoms with Gasteiger partial charge in [-0.2, -0.15) is 0 Å². The van der Waals surface area contributed by atoms with Gasteiger partial charge < -0.3 is 38.3 Å². The molecule has 1 unspecified atom stereocenters. The fourth-order valence-corrected chi connectivity index (χ4v) is 3.31. The van der Waals surface area contributed by atoms with Gasteiger partial charge in [0, 0.05) is 14.2 Å². The van der Waals surface area contributed by atoms with Crippen LogP contribution in [0.1, 0.15) is 32.4 Å². The van der Waals surface area contributed by atoms with E-state index in [0.717, 1.165) is 12.1 Å². The number of aliphatic carboxylic acids is 1. The van der Waals surface area contributed by atoms with Crippen LogP contribution in [0.4, 0.5) is 4.39 Å². The van der Waals surface area contributed by atoms with Crippen LogP contribution in [-0.2, 0) is 23.7 Å². The van der Waals surface area contributed by atoms with Crippen LogP contribution in [0.5, 0.6) is 17.2 Å². The summed E-state index contributed by atoms with van der Waals surface area (Å²) in [4.78, 5) is 36.5. The van der Waals surface area contributed by atoms with Crippen molar-refractivity contribution in [3.63, 3.8) is 0 Å². The van der Waals surface area contributed by atoms with Gasteiger partial charge in [0.15, 0.2) is 25.2 Å². The second-order valence-electron chi connectivity index (χ2n) is 7.42. The zero-order valence-corrected chi connectivity index (χ0v) is 20.1. The molecule has 0 saturated heterocycles. The van der Waals surface area contributed by atoms with Gasteiger partial charge in [0.2, 0.25) is 11.9 Å². The topological polar surface area (TPSA) is 148 Å². The minimum atomic E-state index is -1.79. The number of methoxy groups -OCH3 is 2. The minimum absolute atomic E-state index is 0.0333. The number of carboxylic acid groups (broad SMARTS) is 1. The number of imide groups is 1. The normalized spacial score (nSPS) is 13.2. The lowest BCUT2D eigenvalue weighted by Gasteiger charge is -2.22. The molecule has 1 aliphatic heterocycles. The predicted octanol–water partition coefficient (Wildman–Crippen LogP) is 1.91. The van der Waals surface area contributed by atoms with E-state index >= 15 is 0 Å². The van der Waals surface area contributed by atoms with Gasteiger partial charge in [0.25, 0.3) is 11.8 Å². The van der Waals surface area contributed by atoms with Gasteiger partial charge in [-0.1, -0.05) is 6.07 Å². The summed E-state index contributed by atoms with van der Waals surface area (Å²) in [6.45, 7) is 0.0543. The Hall–Kier alpha value is -3.78. The molecule has 2 N–H and O–H groups in total. The van der Waals surface area contributed by atoms with E-state index in [1.54, 1.807) is 0 Å². The van der Waals surface area contributed by atoms with Gasteiger partial charge in [0.1, 0.15) is 5.75 Å². The maximum atomic E-state index is 14.8. The van der Waals surface area contributed by atoms with Crippen LogP contribution in [0.25, 0.3) is 0 Å². The van der Waals surface area contributed by atoms with Crippen molar-refractivity contribution in [2.75, 3.05) is 54.2 Å². The standard InChI is InChI=1S/C24H26FNO11/c1-31-8-10-33-12-35-19-15(6-7-16(25)21(19)36-13-34-11-9-32-2)20(24(29)30)37-17-5-3-4-14-18(17)23(28)26-22(14)27/h3-7,20H,8-13H2,1-2H3,(H,29,30)(H,26,27,28). The van der Waals surface area contributed by atoms with Crippen LogP contribution in [0.15, 0.2) is 30.3 Å². The third-order valence-corrected chi connectivity index (χ3v) is 5.01. The second-order valence-corrected chi connectivity index (χ2v) is 7.42. The molecular formula is C24H26FNO11. The molecule has 2 aromatic carbocycles. The number of carbonyl (C=O) groups is 3. The first-order valence-electron chi connectivity index (χ1n) is 11.0. The highest BCUT2D eigenvalue weighted by Gasteiger charge is 2.34. The Morgan fingerprint density at radius 2 is 1.57 bits per heavy atom. The summed E-state index contributed by atoms with van der Waals surface area (Å²) in [5, 5.41) is 12.1. The molecule has 0 saturated carbocycles. The van der Waals surface area contributed by atoms with Crippen molar-refractivity contribution in [1.82, 2.24) is 5.32 Å².